The highest BCUT2D eigenvalue weighted by molar-refractivity contribution is 9.08. The first-order valence-electron chi connectivity index (χ1n) is 5.87. The number of nitriles is 1. The molecule has 4 heteroatoms. The molecule has 0 aliphatic heterocycles. The maximum absolute atomic E-state index is 13.6. The molecular weight excluding hydrogens is 297 g/mol. The zero-order valence-corrected chi connectivity index (χ0v) is 12.3. The SMILES string of the molecule is CC(C)(C#N)CCCOc1ccc(CBr)cc1F. The molecule has 1 aromatic carbocycles. The van der Waals surface area contributed by atoms with Gasteiger partial charge in [0.15, 0.2) is 11.6 Å². The number of alkyl halides is 1. The van der Waals surface area contributed by atoms with Crippen LogP contribution in [-0.4, -0.2) is 6.61 Å². The molecule has 1 rings (SSSR count). The van der Waals surface area contributed by atoms with Crippen molar-refractivity contribution in [2.45, 2.75) is 32.0 Å². The number of ether oxygens (including phenoxy) is 1. The summed E-state index contributed by atoms with van der Waals surface area (Å²) in [5, 5.41) is 9.48. The summed E-state index contributed by atoms with van der Waals surface area (Å²) in [5.41, 5.74) is 0.535. The molecule has 0 aliphatic rings. The lowest BCUT2D eigenvalue weighted by atomic mass is 9.90. The molecule has 0 bridgehead atoms. The highest BCUT2D eigenvalue weighted by Gasteiger charge is 2.15. The molecule has 0 saturated heterocycles. The van der Waals surface area contributed by atoms with Crippen LogP contribution in [0.15, 0.2) is 18.2 Å². The average molecular weight is 314 g/mol. The van der Waals surface area contributed by atoms with E-state index in [0.29, 0.717) is 11.9 Å². The van der Waals surface area contributed by atoms with Gasteiger partial charge in [0.25, 0.3) is 0 Å². The number of rotatable bonds is 6. The van der Waals surface area contributed by atoms with Gasteiger partial charge in [-0.2, -0.15) is 5.26 Å². The van der Waals surface area contributed by atoms with Gasteiger partial charge in [-0.15, -0.1) is 0 Å². The van der Waals surface area contributed by atoms with Gasteiger partial charge in [-0.1, -0.05) is 22.0 Å². The molecule has 0 saturated carbocycles. The standard InChI is InChI=1S/C14H17BrFNO/c1-14(2,10-17)6-3-7-18-13-5-4-11(9-15)8-12(13)16/h4-5,8H,3,6-7,9H2,1-2H3. The third kappa shape index (κ3) is 4.66. The van der Waals surface area contributed by atoms with Crippen molar-refractivity contribution in [3.05, 3.63) is 29.6 Å². The van der Waals surface area contributed by atoms with Crippen molar-refractivity contribution in [2.75, 3.05) is 6.61 Å². The van der Waals surface area contributed by atoms with Crippen LogP contribution in [0.5, 0.6) is 5.75 Å². The zero-order chi connectivity index (χ0) is 13.6. The molecule has 0 amide bonds. The monoisotopic (exact) mass is 313 g/mol. The normalized spacial score (nSPS) is 11.1. The maximum Gasteiger partial charge on any atom is 0.165 e. The second kappa shape index (κ2) is 6.75. The van der Waals surface area contributed by atoms with Crippen LogP contribution in [-0.2, 0) is 5.33 Å². The van der Waals surface area contributed by atoms with E-state index < -0.39 is 0 Å². The number of hydrogen-bond acceptors (Lipinski definition) is 2. The molecule has 0 heterocycles. The molecule has 98 valence electrons. The first kappa shape index (κ1) is 15.0. The van der Waals surface area contributed by atoms with Crippen LogP contribution in [0.4, 0.5) is 4.39 Å². The van der Waals surface area contributed by atoms with Gasteiger partial charge < -0.3 is 4.74 Å². The van der Waals surface area contributed by atoms with Crippen LogP contribution < -0.4 is 4.74 Å². The molecule has 0 atom stereocenters. The van der Waals surface area contributed by atoms with Crippen molar-refractivity contribution < 1.29 is 9.13 Å². The molecule has 0 fully saturated rings. The summed E-state index contributed by atoms with van der Waals surface area (Å²) < 4.78 is 18.9. The predicted octanol–water partition coefficient (Wildman–Crippen LogP) is 4.43. The molecule has 0 radical (unpaired) electrons. The van der Waals surface area contributed by atoms with E-state index in [9.17, 15) is 4.39 Å². The van der Waals surface area contributed by atoms with Gasteiger partial charge in [-0.05, 0) is 44.4 Å². The van der Waals surface area contributed by atoms with Gasteiger partial charge in [0.05, 0.1) is 18.1 Å². The van der Waals surface area contributed by atoms with Crippen molar-refractivity contribution in [2.24, 2.45) is 5.41 Å². The summed E-state index contributed by atoms with van der Waals surface area (Å²) in [5.74, 6) is -0.0686. The highest BCUT2D eigenvalue weighted by Crippen LogP contribution is 2.23. The van der Waals surface area contributed by atoms with Crippen LogP contribution in [0, 0.1) is 22.6 Å². The van der Waals surface area contributed by atoms with E-state index in [2.05, 4.69) is 22.0 Å². The fourth-order valence-electron chi connectivity index (χ4n) is 1.50. The summed E-state index contributed by atoms with van der Waals surface area (Å²) in [7, 11) is 0. The van der Waals surface area contributed by atoms with E-state index in [1.807, 2.05) is 19.9 Å². The van der Waals surface area contributed by atoms with Crippen LogP contribution in [0.3, 0.4) is 0 Å². The first-order chi connectivity index (χ1) is 8.48. The van der Waals surface area contributed by atoms with Crippen LogP contribution in [0.2, 0.25) is 0 Å². The largest absolute Gasteiger partial charge is 0.491 e. The lowest BCUT2D eigenvalue weighted by Crippen LogP contribution is -2.10. The highest BCUT2D eigenvalue weighted by atomic mass is 79.9. The molecule has 0 aliphatic carbocycles. The van der Waals surface area contributed by atoms with Gasteiger partial charge in [0.2, 0.25) is 0 Å². The van der Waals surface area contributed by atoms with Crippen molar-refractivity contribution in [3.63, 3.8) is 0 Å². The lowest BCUT2D eigenvalue weighted by molar-refractivity contribution is 0.273. The molecular formula is C14H17BrFNO. The van der Waals surface area contributed by atoms with E-state index >= 15 is 0 Å². The van der Waals surface area contributed by atoms with Gasteiger partial charge in [-0.3, -0.25) is 0 Å². The van der Waals surface area contributed by atoms with Crippen molar-refractivity contribution in [1.29, 1.82) is 5.26 Å². The Kier molecular flexibility index (Phi) is 5.61. The molecule has 0 unspecified atom stereocenters. The van der Waals surface area contributed by atoms with E-state index in [0.717, 1.165) is 18.4 Å². The van der Waals surface area contributed by atoms with Crippen LogP contribution in [0.25, 0.3) is 0 Å². The van der Waals surface area contributed by atoms with Crippen molar-refractivity contribution in [1.82, 2.24) is 0 Å². The molecule has 0 aromatic heterocycles. The van der Waals surface area contributed by atoms with Crippen LogP contribution >= 0.6 is 15.9 Å². The van der Waals surface area contributed by atoms with Crippen LogP contribution in [0.1, 0.15) is 32.3 Å². The lowest BCUT2D eigenvalue weighted by Gasteiger charge is -2.15. The summed E-state index contributed by atoms with van der Waals surface area (Å²) in [6.07, 6.45) is 1.48. The minimum Gasteiger partial charge on any atom is -0.491 e. The molecule has 0 N–H and O–H groups in total. The van der Waals surface area contributed by atoms with Gasteiger partial charge >= 0.3 is 0 Å². The van der Waals surface area contributed by atoms with E-state index in [4.69, 9.17) is 10.00 Å². The Hall–Kier alpha value is -1.08. The third-order valence-electron chi connectivity index (χ3n) is 2.66. The van der Waals surface area contributed by atoms with Crippen molar-refractivity contribution >= 4 is 15.9 Å². The Balaban J connectivity index is 2.43. The maximum atomic E-state index is 13.6. The third-order valence-corrected chi connectivity index (χ3v) is 3.30. The minimum atomic E-state index is -0.346. The number of nitrogens with zero attached hydrogens (tertiary/aromatic N) is 1. The summed E-state index contributed by atoms with van der Waals surface area (Å²) >= 11 is 3.27. The molecule has 2 nitrogen and oxygen atoms in total. The van der Waals surface area contributed by atoms with E-state index in [1.54, 1.807) is 6.07 Å². The number of benzene rings is 1. The second-order valence-corrected chi connectivity index (χ2v) is 5.41. The second-order valence-electron chi connectivity index (χ2n) is 4.85. The predicted molar refractivity (Wildman–Crippen MR) is 73.2 cm³/mol. The summed E-state index contributed by atoms with van der Waals surface area (Å²) in [4.78, 5) is 0. The first-order valence-corrected chi connectivity index (χ1v) is 6.99. The number of hydrogen-bond donors (Lipinski definition) is 0. The Bertz CT molecular complexity index is 440. The van der Waals surface area contributed by atoms with Gasteiger partial charge in [-0.25, -0.2) is 4.39 Å². The molecule has 18 heavy (non-hydrogen) atoms. The fourth-order valence-corrected chi connectivity index (χ4v) is 1.85. The Morgan fingerprint density at radius 3 is 2.72 bits per heavy atom. The summed E-state index contributed by atoms with van der Waals surface area (Å²) in [6, 6.07) is 7.16. The molecule has 0 spiro atoms. The smallest absolute Gasteiger partial charge is 0.165 e. The van der Waals surface area contributed by atoms with Gasteiger partial charge in [0, 0.05) is 5.33 Å². The zero-order valence-electron chi connectivity index (χ0n) is 10.7. The van der Waals surface area contributed by atoms with E-state index in [1.165, 1.54) is 6.07 Å². The van der Waals surface area contributed by atoms with E-state index in [-0.39, 0.29) is 17.0 Å². The number of halogens is 2. The Labute approximate surface area is 116 Å². The quantitative estimate of drug-likeness (QED) is 0.575. The topological polar surface area (TPSA) is 33.0 Å². The van der Waals surface area contributed by atoms with Crippen molar-refractivity contribution in [3.8, 4) is 11.8 Å². The Morgan fingerprint density at radius 1 is 1.44 bits per heavy atom. The van der Waals surface area contributed by atoms with Gasteiger partial charge in [0.1, 0.15) is 0 Å². The minimum absolute atomic E-state index is 0.273. The average Bonchev–Trinajstić information content (AvgIpc) is 2.36. The Morgan fingerprint density at radius 2 is 2.17 bits per heavy atom. The fraction of sp³-hybridized carbons (Fsp3) is 0.500. The summed E-state index contributed by atoms with van der Waals surface area (Å²) in [6.45, 7) is 4.20. The molecule has 1 aromatic rings.